The predicted octanol–water partition coefficient (Wildman–Crippen LogP) is 4.44. The smallest absolute Gasteiger partial charge is 0.411 e. The number of hydrogen-bond acceptors (Lipinski definition) is 10. The van der Waals surface area contributed by atoms with Crippen molar-refractivity contribution < 1.29 is 42.6 Å². The Bertz CT molecular complexity index is 2020. The fourth-order valence-electron chi connectivity index (χ4n) is 6.01. The van der Waals surface area contributed by atoms with Gasteiger partial charge in [0.25, 0.3) is 0 Å². The second-order valence-electron chi connectivity index (χ2n) is 13.0. The monoisotopic (exact) mass is 756 g/mol. The van der Waals surface area contributed by atoms with Gasteiger partial charge >= 0.3 is 23.8 Å². The van der Waals surface area contributed by atoms with Gasteiger partial charge in [-0.2, -0.15) is 0 Å². The van der Waals surface area contributed by atoms with Gasteiger partial charge < -0.3 is 45.6 Å². The number of anilines is 2. The summed E-state index contributed by atoms with van der Waals surface area (Å²) in [6.07, 6.45) is -0.0351. The molecule has 2 atom stereocenters. The van der Waals surface area contributed by atoms with Crippen LogP contribution in [0.25, 0.3) is 11.0 Å². The van der Waals surface area contributed by atoms with Gasteiger partial charge in [0.15, 0.2) is 0 Å². The van der Waals surface area contributed by atoms with Gasteiger partial charge in [0.05, 0.1) is 0 Å². The summed E-state index contributed by atoms with van der Waals surface area (Å²) in [7, 11) is 0. The first kappa shape index (κ1) is 39.8. The summed E-state index contributed by atoms with van der Waals surface area (Å²) in [5.74, 6) is -1.37. The second-order valence-corrected chi connectivity index (χ2v) is 13.0. The van der Waals surface area contributed by atoms with Crippen molar-refractivity contribution in [2.45, 2.75) is 57.9 Å². The summed E-state index contributed by atoms with van der Waals surface area (Å²) in [6.45, 7) is 2.71. The summed E-state index contributed by atoms with van der Waals surface area (Å²) in [5.41, 5.74) is 7.98. The number of carbonyl (C=O) groups excluding carboxylic acids is 5. The number of amides is 6. The first-order valence-corrected chi connectivity index (χ1v) is 17.8. The summed E-state index contributed by atoms with van der Waals surface area (Å²) in [4.78, 5) is 75.7. The van der Waals surface area contributed by atoms with Crippen LogP contribution in [-0.4, -0.2) is 61.9 Å². The molecule has 0 aliphatic carbocycles. The maximum atomic E-state index is 13.8. The Morgan fingerprint density at radius 1 is 0.800 bits per heavy atom. The number of hydrogen-bond donors (Lipinski definition) is 6. The van der Waals surface area contributed by atoms with Crippen LogP contribution < -0.4 is 37.9 Å². The summed E-state index contributed by atoms with van der Waals surface area (Å²) < 4.78 is 21.4. The molecule has 1 saturated heterocycles. The normalized spacial score (nSPS) is 13.8. The largest absolute Gasteiger partial charge is 0.445 e. The van der Waals surface area contributed by atoms with Gasteiger partial charge in [-0.15, -0.1) is 0 Å². The minimum Gasteiger partial charge on any atom is -0.445 e. The van der Waals surface area contributed by atoms with Crippen LogP contribution in [0.15, 0.2) is 88.1 Å². The van der Waals surface area contributed by atoms with E-state index in [4.69, 9.17) is 24.4 Å². The Labute approximate surface area is 316 Å². The van der Waals surface area contributed by atoms with Crippen molar-refractivity contribution in [3.8, 4) is 0 Å². The van der Waals surface area contributed by atoms with Crippen molar-refractivity contribution in [2.75, 3.05) is 30.4 Å². The number of carbonyl (C=O) groups is 5. The Hall–Kier alpha value is -6.42. The van der Waals surface area contributed by atoms with E-state index in [-0.39, 0.29) is 32.1 Å². The number of nitrogens with one attached hydrogen (secondary N) is 5. The van der Waals surface area contributed by atoms with Crippen LogP contribution >= 0.6 is 0 Å². The van der Waals surface area contributed by atoms with E-state index in [2.05, 4.69) is 26.6 Å². The van der Waals surface area contributed by atoms with Gasteiger partial charge in [0.1, 0.15) is 30.9 Å². The molecule has 290 valence electrons. The number of fused-ring (bicyclic) bond motifs is 1. The number of primary amides is 1. The van der Waals surface area contributed by atoms with Crippen LogP contribution in [0.2, 0.25) is 0 Å². The summed E-state index contributed by atoms with van der Waals surface area (Å²) in [5, 5.41) is 14.1. The average molecular weight is 757 g/mol. The van der Waals surface area contributed by atoms with Gasteiger partial charge in [-0.05, 0) is 79.5 Å². The minimum absolute atomic E-state index is 0.0117. The third-order valence-electron chi connectivity index (χ3n) is 8.90. The quantitative estimate of drug-likeness (QED) is 0.0738. The molecule has 1 aromatic heterocycles. The number of nitrogens with two attached hydrogens (primary N) is 1. The number of urea groups is 1. The maximum Gasteiger partial charge on any atom is 0.411 e. The Kier molecular flexibility index (Phi) is 14.2. The number of rotatable bonds is 15. The highest BCUT2D eigenvalue weighted by atomic mass is 16.6. The average Bonchev–Trinajstić information content (AvgIpc) is 3.17. The van der Waals surface area contributed by atoms with E-state index < -0.39 is 47.7 Å². The molecule has 3 aromatic carbocycles. The van der Waals surface area contributed by atoms with E-state index in [1.54, 1.807) is 43.3 Å². The zero-order valence-electron chi connectivity index (χ0n) is 30.3. The molecule has 0 saturated carbocycles. The van der Waals surface area contributed by atoms with Gasteiger partial charge in [0, 0.05) is 48.7 Å². The molecule has 1 unspecified atom stereocenters. The number of benzene rings is 3. The lowest BCUT2D eigenvalue weighted by atomic mass is 9.91. The molecule has 16 nitrogen and oxygen atoms in total. The highest BCUT2D eigenvalue weighted by molar-refractivity contribution is 5.98. The zero-order valence-corrected chi connectivity index (χ0v) is 30.3. The molecule has 7 N–H and O–H groups in total. The zero-order chi connectivity index (χ0) is 39.2. The number of aryl methyl sites for hydroxylation is 1. The number of ether oxygens (including phenoxy) is 3. The fraction of sp³-hybridized carbons (Fsp3) is 0.333. The highest BCUT2D eigenvalue weighted by Crippen LogP contribution is 2.22. The lowest BCUT2D eigenvalue weighted by Gasteiger charge is -2.31. The standard InChI is InChI=1S/C39H44N6O10/c1-24-20-33(46)55-32-21-29(13-14-30(24)32)43-38(50)53-23-26-9-11-28(12-10-26)42-35(47)31(8-5-17-41-37(40)49)44-36(48)34(27-15-18-52-19-16-27)45-39(51)54-22-25-6-3-2-4-7-25/h2-4,6-7,9-14,20-21,27,31,34H,5,8,15-19,22-23H2,1H3,(H,42,47)(H,43,50)(H,44,48)(H,45,51)(H3,40,41,49)/t31-,34?/m0/s1. The van der Waals surface area contributed by atoms with Crippen LogP contribution in [-0.2, 0) is 37.0 Å². The molecule has 1 aliphatic rings. The molecule has 0 spiro atoms. The van der Waals surface area contributed by atoms with Gasteiger partial charge in [-0.1, -0.05) is 42.5 Å². The van der Waals surface area contributed by atoms with Crippen LogP contribution in [0.4, 0.5) is 25.8 Å². The van der Waals surface area contributed by atoms with E-state index in [0.29, 0.717) is 55.0 Å². The van der Waals surface area contributed by atoms with Crippen molar-refractivity contribution >= 4 is 52.4 Å². The van der Waals surface area contributed by atoms with Crippen LogP contribution in [0.5, 0.6) is 0 Å². The topological polar surface area (TPSA) is 229 Å². The van der Waals surface area contributed by atoms with E-state index in [1.165, 1.54) is 12.1 Å². The van der Waals surface area contributed by atoms with Gasteiger partial charge in [0.2, 0.25) is 11.8 Å². The van der Waals surface area contributed by atoms with E-state index in [1.807, 2.05) is 30.3 Å². The van der Waals surface area contributed by atoms with Gasteiger partial charge in [-0.25, -0.2) is 19.2 Å². The molecule has 1 aliphatic heterocycles. The molecular formula is C39H44N6O10. The molecule has 4 aromatic rings. The van der Waals surface area contributed by atoms with Crippen LogP contribution in [0.1, 0.15) is 42.4 Å². The van der Waals surface area contributed by atoms with E-state index in [9.17, 15) is 28.8 Å². The lowest BCUT2D eigenvalue weighted by Crippen LogP contribution is -2.56. The Morgan fingerprint density at radius 2 is 1.47 bits per heavy atom. The maximum absolute atomic E-state index is 13.8. The highest BCUT2D eigenvalue weighted by Gasteiger charge is 2.34. The van der Waals surface area contributed by atoms with Crippen molar-refractivity contribution in [2.24, 2.45) is 11.7 Å². The van der Waals surface area contributed by atoms with Gasteiger partial charge in [-0.3, -0.25) is 14.9 Å². The van der Waals surface area contributed by atoms with E-state index >= 15 is 0 Å². The summed E-state index contributed by atoms with van der Waals surface area (Å²) >= 11 is 0. The minimum atomic E-state index is -1.05. The first-order chi connectivity index (χ1) is 26.5. The van der Waals surface area contributed by atoms with Crippen molar-refractivity contribution in [3.05, 3.63) is 106 Å². The molecule has 1 fully saturated rings. The Morgan fingerprint density at radius 3 is 2.18 bits per heavy atom. The fourth-order valence-corrected chi connectivity index (χ4v) is 6.01. The molecule has 0 radical (unpaired) electrons. The lowest BCUT2D eigenvalue weighted by molar-refractivity contribution is -0.129. The molecule has 2 heterocycles. The van der Waals surface area contributed by atoms with Crippen LogP contribution in [0, 0.1) is 12.8 Å². The van der Waals surface area contributed by atoms with Crippen molar-refractivity contribution in [3.63, 3.8) is 0 Å². The predicted molar refractivity (Wildman–Crippen MR) is 202 cm³/mol. The molecule has 16 heteroatoms. The SMILES string of the molecule is Cc1cc(=O)oc2cc(NC(=O)OCc3ccc(NC(=O)[C@H](CCCNC(N)=O)NC(=O)C(NC(=O)OCc4ccccc4)C4CCOCC4)cc3)ccc12. The molecular weight excluding hydrogens is 712 g/mol. The summed E-state index contributed by atoms with van der Waals surface area (Å²) in [6, 6.07) is 19.2. The number of alkyl carbamates (subject to hydrolysis) is 1. The Balaban J connectivity index is 1.18. The molecule has 55 heavy (non-hydrogen) atoms. The molecule has 0 bridgehead atoms. The second kappa shape index (κ2) is 19.6. The third kappa shape index (κ3) is 12.3. The van der Waals surface area contributed by atoms with Crippen molar-refractivity contribution in [1.82, 2.24) is 16.0 Å². The van der Waals surface area contributed by atoms with Crippen LogP contribution in [0.3, 0.4) is 0 Å². The van der Waals surface area contributed by atoms with Crippen molar-refractivity contribution in [1.29, 1.82) is 0 Å². The molecule has 5 rings (SSSR count). The first-order valence-electron chi connectivity index (χ1n) is 17.8. The van der Waals surface area contributed by atoms with E-state index in [0.717, 1.165) is 16.5 Å². The molecule has 6 amide bonds. The third-order valence-corrected chi connectivity index (χ3v) is 8.90.